The fraction of sp³-hybridized carbons (Fsp3) is 0.429. The van der Waals surface area contributed by atoms with Crippen LogP contribution in [0.1, 0.15) is 15.9 Å². The highest BCUT2D eigenvalue weighted by Crippen LogP contribution is 2.09. The summed E-state index contributed by atoms with van der Waals surface area (Å²) < 4.78 is 4.38. The summed E-state index contributed by atoms with van der Waals surface area (Å²) in [6, 6.07) is 7.23. The van der Waals surface area contributed by atoms with Crippen LogP contribution in [0.3, 0.4) is 0 Å². The standard InChI is InChI=1S/C14H20N2O4/c1-15-8-7-10-5-3-4-6-11(10)13(18)16-9-12(17)14(19)20-2/h3-6,12,15,17H,7-9H2,1-2H3,(H,16,18). The average molecular weight is 280 g/mol. The smallest absolute Gasteiger partial charge is 0.336 e. The number of likely N-dealkylation sites (N-methyl/N-ethyl adjacent to an activating group) is 1. The number of aliphatic hydroxyl groups excluding tert-OH is 1. The molecule has 0 aliphatic heterocycles. The first-order chi connectivity index (χ1) is 9.60. The quantitative estimate of drug-likeness (QED) is 0.598. The molecule has 0 saturated carbocycles. The number of hydrogen-bond acceptors (Lipinski definition) is 5. The van der Waals surface area contributed by atoms with Crippen molar-refractivity contribution in [2.45, 2.75) is 12.5 Å². The van der Waals surface area contributed by atoms with Gasteiger partial charge in [-0.2, -0.15) is 0 Å². The normalized spacial score (nSPS) is 11.8. The Morgan fingerprint density at radius 1 is 1.35 bits per heavy atom. The molecular formula is C14H20N2O4. The van der Waals surface area contributed by atoms with Crippen LogP contribution in [0, 0.1) is 0 Å². The van der Waals surface area contributed by atoms with Gasteiger partial charge in [0.05, 0.1) is 13.7 Å². The van der Waals surface area contributed by atoms with Crippen molar-refractivity contribution < 1.29 is 19.4 Å². The second-order valence-corrected chi connectivity index (χ2v) is 4.26. The van der Waals surface area contributed by atoms with E-state index in [0.29, 0.717) is 5.56 Å². The molecule has 1 atom stereocenters. The van der Waals surface area contributed by atoms with Gasteiger partial charge in [0.15, 0.2) is 6.10 Å². The van der Waals surface area contributed by atoms with E-state index in [2.05, 4.69) is 15.4 Å². The van der Waals surface area contributed by atoms with Crippen LogP contribution < -0.4 is 10.6 Å². The van der Waals surface area contributed by atoms with E-state index in [9.17, 15) is 14.7 Å². The minimum Gasteiger partial charge on any atom is -0.467 e. The first-order valence-electron chi connectivity index (χ1n) is 6.36. The molecule has 3 N–H and O–H groups in total. The topological polar surface area (TPSA) is 87.7 Å². The van der Waals surface area contributed by atoms with E-state index in [1.165, 1.54) is 7.11 Å². The Morgan fingerprint density at radius 3 is 2.70 bits per heavy atom. The second kappa shape index (κ2) is 8.29. The number of carbonyl (C=O) groups excluding carboxylic acids is 2. The van der Waals surface area contributed by atoms with Gasteiger partial charge >= 0.3 is 5.97 Å². The predicted molar refractivity (Wildman–Crippen MR) is 74.4 cm³/mol. The SMILES string of the molecule is CNCCc1ccccc1C(=O)NCC(O)C(=O)OC. The van der Waals surface area contributed by atoms with Crippen molar-refractivity contribution in [1.29, 1.82) is 0 Å². The molecule has 0 aliphatic rings. The maximum atomic E-state index is 12.0. The van der Waals surface area contributed by atoms with Gasteiger partial charge in [0, 0.05) is 5.56 Å². The number of aliphatic hydroxyl groups is 1. The first kappa shape index (κ1) is 16.1. The molecule has 0 radical (unpaired) electrons. The lowest BCUT2D eigenvalue weighted by Gasteiger charge is -2.12. The van der Waals surface area contributed by atoms with Crippen LogP contribution in [0.2, 0.25) is 0 Å². The minimum absolute atomic E-state index is 0.175. The average Bonchev–Trinajstić information content (AvgIpc) is 2.49. The van der Waals surface area contributed by atoms with E-state index in [1.54, 1.807) is 12.1 Å². The number of methoxy groups -OCH3 is 1. The summed E-state index contributed by atoms with van der Waals surface area (Å²) in [4.78, 5) is 23.1. The molecule has 1 rings (SSSR count). The molecule has 0 spiro atoms. The van der Waals surface area contributed by atoms with Gasteiger partial charge in [-0.05, 0) is 31.6 Å². The van der Waals surface area contributed by atoms with Gasteiger partial charge in [0.2, 0.25) is 0 Å². The molecule has 1 unspecified atom stereocenters. The highest BCUT2D eigenvalue weighted by atomic mass is 16.5. The zero-order chi connectivity index (χ0) is 15.0. The number of carbonyl (C=O) groups is 2. The number of rotatable bonds is 7. The third-order valence-corrected chi connectivity index (χ3v) is 2.84. The molecular weight excluding hydrogens is 260 g/mol. The van der Waals surface area contributed by atoms with Crippen molar-refractivity contribution in [1.82, 2.24) is 10.6 Å². The molecule has 1 aromatic carbocycles. The molecule has 1 amide bonds. The summed E-state index contributed by atoms with van der Waals surface area (Å²) in [7, 11) is 3.02. The van der Waals surface area contributed by atoms with Gasteiger partial charge in [-0.1, -0.05) is 18.2 Å². The molecule has 6 heteroatoms. The van der Waals surface area contributed by atoms with Gasteiger partial charge < -0.3 is 20.5 Å². The van der Waals surface area contributed by atoms with Crippen LogP contribution in [-0.4, -0.2) is 50.3 Å². The number of amides is 1. The molecule has 20 heavy (non-hydrogen) atoms. The first-order valence-corrected chi connectivity index (χ1v) is 6.36. The van der Waals surface area contributed by atoms with E-state index in [4.69, 9.17) is 0 Å². The van der Waals surface area contributed by atoms with Crippen LogP contribution in [0.15, 0.2) is 24.3 Å². The van der Waals surface area contributed by atoms with Gasteiger partial charge in [0.1, 0.15) is 0 Å². The van der Waals surface area contributed by atoms with Crippen LogP contribution >= 0.6 is 0 Å². The minimum atomic E-state index is -1.35. The van der Waals surface area contributed by atoms with Gasteiger partial charge in [0.25, 0.3) is 5.91 Å². The Bertz CT molecular complexity index is 462. The number of nitrogens with one attached hydrogen (secondary N) is 2. The summed E-state index contributed by atoms with van der Waals surface area (Å²) in [5.41, 5.74) is 1.45. The number of ether oxygens (including phenoxy) is 1. The highest BCUT2D eigenvalue weighted by Gasteiger charge is 2.17. The summed E-state index contributed by atoms with van der Waals surface area (Å²) in [5.74, 6) is -1.09. The molecule has 6 nitrogen and oxygen atoms in total. The van der Waals surface area contributed by atoms with Crippen molar-refractivity contribution in [3.05, 3.63) is 35.4 Å². The molecule has 0 heterocycles. The van der Waals surface area contributed by atoms with Crippen LogP contribution in [0.5, 0.6) is 0 Å². The Labute approximate surface area is 118 Å². The zero-order valence-electron chi connectivity index (χ0n) is 11.7. The highest BCUT2D eigenvalue weighted by molar-refractivity contribution is 5.96. The predicted octanol–water partition coefficient (Wildman–Crippen LogP) is -0.288. The fourth-order valence-corrected chi connectivity index (χ4v) is 1.72. The summed E-state index contributed by atoms with van der Waals surface area (Å²) in [6.45, 7) is 0.584. The van der Waals surface area contributed by atoms with Gasteiger partial charge in [-0.25, -0.2) is 4.79 Å². The van der Waals surface area contributed by atoms with Crippen molar-refractivity contribution in [2.24, 2.45) is 0 Å². The molecule has 1 aromatic rings. The van der Waals surface area contributed by atoms with E-state index < -0.39 is 12.1 Å². The third kappa shape index (κ3) is 4.64. The van der Waals surface area contributed by atoms with E-state index >= 15 is 0 Å². The van der Waals surface area contributed by atoms with Crippen molar-refractivity contribution >= 4 is 11.9 Å². The van der Waals surface area contributed by atoms with Crippen LogP contribution in [0.4, 0.5) is 0 Å². The maximum Gasteiger partial charge on any atom is 0.336 e. The van der Waals surface area contributed by atoms with Gasteiger partial charge in [-0.3, -0.25) is 4.79 Å². The van der Waals surface area contributed by atoms with Crippen LogP contribution in [0.25, 0.3) is 0 Å². The number of benzene rings is 1. The third-order valence-electron chi connectivity index (χ3n) is 2.84. The largest absolute Gasteiger partial charge is 0.467 e. The lowest BCUT2D eigenvalue weighted by Crippen LogP contribution is -2.37. The zero-order valence-corrected chi connectivity index (χ0v) is 11.7. The molecule has 0 fully saturated rings. The van der Waals surface area contributed by atoms with Crippen molar-refractivity contribution in [2.75, 3.05) is 27.2 Å². The monoisotopic (exact) mass is 280 g/mol. The molecule has 0 saturated heterocycles. The lowest BCUT2D eigenvalue weighted by molar-refractivity contribution is -0.149. The lowest BCUT2D eigenvalue weighted by atomic mass is 10.0. The summed E-state index contributed by atoms with van der Waals surface area (Å²) in [5, 5.41) is 15.0. The summed E-state index contributed by atoms with van der Waals surface area (Å²) in [6.07, 6.45) is -0.631. The molecule has 0 aliphatic carbocycles. The summed E-state index contributed by atoms with van der Waals surface area (Å²) >= 11 is 0. The fourth-order valence-electron chi connectivity index (χ4n) is 1.72. The number of esters is 1. The van der Waals surface area contributed by atoms with E-state index in [1.807, 2.05) is 19.2 Å². The molecule has 0 aromatic heterocycles. The Balaban J connectivity index is 2.65. The van der Waals surface area contributed by atoms with Crippen molar-refractivity contribution in [3.63, 3.8) is 0 Å². The Morgan fingerprint density at radius 2 is 2.05 bits per heavy atom. The van der Waals surface area contributed by atoms with E-state index in [-0.39, 0.29) is 12.5 Å². The Kier molecular flexibility index (Phi) is 6.69. The van der Waals surface area contributed by atoms with Crippen LogP contribution in [-0.2, 0) is 16.0 Å². The van der Waals surface area contributed by atoms with E-state index in [0.717, 1.165) is 18.5 Å². The van der Waals surface area contributed by atoms with Crippen molar-refractivity contribution in [3.8, 4) is 0 Å². The maximum absolute atomic E-state index is 12.0. The second-order valence-electron chi connectivity index (χ2n) is 4.26. The Hall–Kier alpha value is -1.92. The number of hydrogen-bond donors (Lipinski definition) is 3. The van der Waals surface area contributed by atoms with Gasteiger partial charge in [-0.15, -0.1) is 0 Å². The molecule has 0 bridgehead atoms. The molecule has 110 valence electrons.